The molecule has 4 nitrogen and oxygen atoms in total. The number of nitrogens with zero attached hydrogens (tertiary/aromatic N) is 2. The molecule has 0 saturated carbocycles. The summed E-state index contributed by atoms with van der Waals surface area (Å²) in [5.41, 5.74) is 3.02. The first kappa shape index (κ1) is 16.9. The Kier molecular flexibility index (Phi) is 6.46. The van der Waals surface area contributed by atoms with Gasteiger partial charge in [0.15, 0.2) is 0 Å². The Hall–Kier alpha value is -0.940. The highest BCUT2D eigenvalue weighted by Crippen LogP contribution is 2.35. The summed E-state index contributed by atoms with van der Waals surface area (Å²) in [6.07, 6.45) is 4.49. The molecule has 1 atom stereocenters. The molecule has 128 valence electrons. The van der Waals surface area contributed by atoms with Crippen molar-refractivity contribution in [3.8, 4) is 0 Å². The molecule has 1 heterocycles. The summed E-state index contributed by atoms with van der Waals surface area (Å²) in [5, 5.41) is 9.23. The molecule has 0 spiro atoms. The lowest BCUT2D eigenvalue weighted by Crippen LogP contribution is -2.38. The number of rotatable bonds is 8. The van der Waals surface area contributed by atoms with Gasteiger partial charge in [0.1, 0.15) is 0 Å². The third-order valence-corrected chi connectivity index (χ3v) is 5.17. The molecule has 1 aliphatic heterocycles. The fraction of sp³-hybridized carbons (Fsp3) is 0.684. The first-order chi connectivity index (χ1) is 11.4. The summed E-state index contributed by atoms with van der Waals surface area (Å²) >= 11 is 0. The number of benzene rings is 1. The number of hydrogen-bond acceptors (Lipinski definition) is 4. The number of ether oxygens (including phenoxy) is 1. The van der Waals surface area contributed by atoms with E-state index in [0.717, 1.165) is 52.4 Å². The molecule has 0 bridgehead atoms. The highest BCUT2D eigenvalue weighted by molar-refractivity contribution is 5.34. The van der Waals surface area contributed by atoms with Crippen molar-refractivity contribution in [1.29, 1.82) is 0 Å². The van der Waals surface area contributed by atoms with E-state index in [9.17, 15) is 5.11 Å². The van der Waals surface area contributed by atoms with Crippen molar-refractivity contribution in [2.45, 2.75) is 31.7 Å². The Balaban J connectivity index is 1.55. The first-order valence-corrected chi connectivity index (χ1v) is 9.11. The Morgan fingerprint density at radius 3 is 2.74 bits per heavy atom. The Bertz CT molecular complexity index is 474. The minimum absolute atomic E-state index is 0.286. The summed E-state index contributed by atoms with van der Waals surface area (Å²) in [6, 6.07) is 9.42. The zero-order valence-corrected chi connectivity index (χ0v) is 14.1. The van der Waals surface area contributed by atoms with Gasteiger partial charge in [-0.3, -0.25) is 9.80 Å². The first-order valence-electron chi connectivity index (χ1n) is 9.11. The second-order valence-corrected chi connectivity index (χ2v) is 6.67. The van der Waals surface area contributed by atoms with Crippen molar-refractivity contribution >= 4 is 0 Å². The molecular formula is C19H30N2O2. The molecule has 1 N–H and O–H groups in total. The van der Waals surface area contributed by atoms with E-state index in [-0.39, 0.29) is 6.61 Å². The minimum atomic E-state index is 0.286. The van der Waals surface area contributed by atoms with E-state index in [1.807, 2.05) is 0 Å². The van der Waals surface area contributed by atoms with Gasteiger partial charge in [-0.15, -0.1) is 0 Å². The van der Waals surface area contributed by atoms with E-state index in [1.54, 1.807) is 0 Å². The molecule has 3 rings (SSSR count). The van der Waals surface area contributed by atoms with Gasteiger partial charge in [0, 0.05) is 32.3 Å². The number of aryl methyl sites for hydroxylation is 1. The van der Waals surface area contributed by atoms with Gasteiger partial charge in [-0.25, -0.2) is 0 Å². The van der Waals surface area contributed by atoms with E-state index < -0.39 is 0 Å². The van der Waals surface area contributed by atoms with E-state index in [2.05, 4.69) is 34.1 Å². The van der Waals surface area contributed by atoms with Crippen LogP contribution in [0.4, 0.5) is 0 Å². The van der Waals surface area contributed by atoms with Crippen molar-refractivity contribution in [3.63, 3.8) is 0 Å². The average Bonchev–Trinajstić information content (AvgIpc) is 3.03. The molecular weight excluding hydrogens is 288 g/mol. The van der Waals surface area contributed by atoms with Crippen molar-refractivity contribution < 1.29 is 9.84 Å². The van der Waals surface area contributed by atoms with Crippen molar-refractivity contribution in [2.24, 2.45) is 0 Å². The van der Waals surface area contributed by atoms with Gasteiger partial charge in [0.25, 0.3) is 0 Å². The van der Waals surface area contributed by atoms with Crippen LogP contribution in [0, 0.1) is 0 Å². The van der Waals surface area contributed by atoms with Gasteiger partial charge in [0.05, 0.1) is 13.2 Å². The molecule has 1 aliphatic carbocycles. The zero-order valence-electron chi connectivity index (χ0n) is 14.1. The summed E-state index contributed by atoms with van der Waals surface area (Å²) in [6.45, 7) is 7.47. The lowest BCUT2D eigenvalue weighted by atomic mass is 10.1. The van der Waals surface area contributed by atoms with Crippen LogP contribution >= 0.6 is 0 Å². The molecule has 0 aromatic heterocycles. The standard InChI is InChI=1S/C19H30N2O2/c22-14-4-11-21(10-3-9-20-12-15-23-16-13-20)19-8-7-17-5-1-2-6-18(17)19/h1-2,5-6,19,22H,3-4,7-16H2. The third kappa shape index (κ3) is 4.54. The van der Waals surface area contributed by atoms with Crippen molar-refractivity contribution in [1.82, 2.24) is 9.80 Å². The van der Waals surface area contributed by atoms with Gasteiger partial charge in [-0.2, -0.15) is 0 Å². The molecule has 2 aliphatic rings. The lowest BCUT2D eigenvalue weighted by molar-refractivity contribution is 0.0352. The second kappa shape index (κ2) is 8.78. The fourth-order valence-electron chi connectivity index (χ4n) is 3.93. The number of fused-ring (bicyclic) bond motifs is 1. The second-order valence-electron chi connectivity index (χ2n) is 6.67. The van der Waals surface area contributed by atoms with Crippen LogP contribution in [0.3, 0.4) is 0 Å². The molecule has 0 radical (unpaired) electrons. The smallest absolute Gasteiger partial charge is 0.0594 e. The average molecular weight is 318 g/mol. The summed E-state index contributed by atoms with van der Waals surface area (Å²) in [5.74, 6) is 0. The Morgan fingerprint density at radius 1 is 1.13 bits per heavy atom. The Morgan fingerprint density at radius 2 is 1.91 bits per heavy atom. The van der Waals surface area contributed by atoms with E-state index in [1.165, 1.54) is 30.4 Å². The SMILES string of the molecule is OCCCN(CCCN1CCOCC1)C1CCc2ccccc21. The molecule has 4 heteroatoms. The molecule has 1 fully saturated rings. The summed E-state index contributed by atoms with van der Waals surface area (Å²) < 4.78 is 5.42. The van der Waals surface area contributed by atoms with Gasteiger partial charge in [-0.05, 0) is 49.9 Å². The quantitative estimate of drug-likeness (QED) is 0.796. The molecule has 1 saturated heterocycles. The van der Waals surface area contributed by atoms with Crippen LogP contribution in [0.1, 0.15) is 36.4 Å². The summed E-state index contributed by atoms with van der Waals surface area (Å²) in [4.78, 5) is 5.11. The lowest BCUT2D eigenvalue weighted by Gasteiger charge is -2.31. The monoisotopic (exact) mass is 318 g/mol. The van der Waals surface area contributed by atoms with Gasteiger partial charge < -0.3 is 9.84 Å². The zero-order chi connectivity index (χ0) is 15.9. The van der Waals surface area contributed by atoms with Gasteiger partial charge in [0.2, 0.25) is 0 Å². The molecule has 1 aromatic carbocycles. The van der Waals surface area contributed by atoms with Crippen LogP contribution in [0.25, 0.3) is 0 Å². The van der Waals surface area contributed by atoms with Crippen LogP contribution in [-0.2, 0) is 11.2 Å². The topological polar surface area (TPSA) is 35.9 Å². The van der Waals surface area contributed by atoms with E-state index in [4.69, 9.17) is 4.74 Å². The van der Waals surface area contributed by atoms with Crippen LogP contribution in [0.5, 0.6) is 0 Å². The normalized spacial score (nSPS) is 21.7. The Labute approximate surface area is 140 Å². The molecule has 23 heavy (non-hydrogen) atoms. The molecule has 1 unspecified atom stereocenters. The number of aliphatic hydroxyl groups is 1. The molecule has 1 aromatic rings. The van der Waals surface area contributed by atoms with Crippen LogP contribution < -0.4 is 0 Å². The minimum Gasteiger partial charge on any atom is -0.396 e. The van der Waals surface area contributed by atoms with Gasteiger partial charge >= 0.3 is 0 Å². The number of morpholine rings is 1. The number of hydrogen-bond donors (Lipinski definition) is 1. The maximum absolute atomic E-state index is 9.23. The maximum atomic E-state index is 9.23. The van der Waals surface area contributed by atoms with E-state index in [0.29, 0.717) is 6.04 Å². The predicted octanol–water partition coefficient (Wildman–Crippen LogP) is 2.08. The summed E-state index contributed by atoms with van der Waals surface area (Å²) in [7, 11) is 0. The third-order valence-electron chi connectivity index (χ3n) is 5.17. The maximum Gasteiger partial charge on any atom is 0.0594 e. The number of aliphatic hydroxyl groups excluding tert-OH is 1. The van der Waals surface area contributed by atoms with Gasteiger partial charge in [-0.1, -0.05) is 24.3 Å². The highest BCUT2D eigenvalue weighted by atomic mass is 16.5. The van der Waals surface area contributed by atoms with Crippen LogP contribution in [-0.4, -0.2) is 67.5 Å². The molecule has 0 amide bonds. The van der Waals surface area contributed by atoms with Crippen LogP contribution in [0.15, 0.2) is 24.3 Å². The van der Waals surface area contributed by atoms with Crippen molar-refractivity contribution in [2.75, 3.05) is 52.5 Å². The van der Waals surface area contributed by atoms with Crippen LogP contribution in [0.2, 0.25) is 0 Å². The largest absolute Gasteiger partial charge is 0.396 e. The fourth-order valence-corrected chi connectivity index (χ4v) is 3.93. The highest BCUT2D eigenvalue weighted by Gasteiger charge is 2.27. The predicted molar refractivity (Wildman–Crippen MR) is 92.7 cm³/mol. The van der Waals surface area contributed by atoms with Crippen molar-refractivity contribution in [3.05, 3.63) is 35.4 Å². The van der Waals surface area contributed by atoms with E-state index >= 15 is 0 Å².